The zero-order valence-electron chi connectivity index (χ0n) is 10.5. The summed E-state index contributed by atoms with van der Waals surface area (Å²) < 4.78 is 0. The summed E-state index contributed by atoms with van der Waals surface area (Å²) in [6.45, 7) is 0.0540. The Bertz CT molecular complexity index is 715. The summed E-state index contributed by atoms with van der Waals surface area (Å²) in [6, 6.07) is 6.87. The summed E-state index contributed by atoms with van der Waals surface area (Å²) in [5.74, 6) is -0.614. The molecule has 0 aliphatic carbocycles. The molecule has 0 radical (unpaired) electrons. The molecule has 20 heavy (non-hydrogen) atoms. The molecular formula is C13H13N3O4. The van der Waals surface area contributed by atoms with Gasteiger partial charge in [0.25, 0.3) is 11.5 Å². The molecule has 0 fully saturated rings. The molecule has 2 rings (SSSR count). The molecule has 1 aromatic heterocycles. The Morgan fingerprint density at radius 3 is 2.50 bits per heavy atom. The van der Waals surface area contributed by atoms with Crippen molar-refractivity contribution in [2.24, 2.45) is 0 Å². The molecule has 1 heterocycles. The number of aromatic nitrogens is 2. The van der Waals surface area contributed by atoms with E-state index in [-0.39, 0.29) is 12.2 Å². The van der Waals surface area contributed by atoms with Gasteiger partial charge < -0.3 is 15.4 Å². The molecule has 104 valence electrons. The van der Waals surface area contributed by atoms with Crippen LogP contribution in [0.3, 0.4) is 0 Å². The minimum absolute atomic E-state index is 0.0540. The molecule has 2 aromatic rings. The molecule has 0 saturated carbocycles. The van der Waals surface area contributed by atoms with Crippen LogP contribution in [0.25, 0.3) is 0 Å². The number of rotatable bonds is 4. The van der Waals surface area contributed by atoms with Crippen LogP contribution < -0.4 is 16.6 Å². The number of hydrogen-bond donors (Lipinski definition) is 4. The molecule has 0 saturated heterocycles. The summed E-state index contributed by atoms with van der Waals surface area (Å²) in [5.41, 5.74) is -0.137. The molecule has 0 spiro atoms. The van der Waals surface area contributed by atoms with Crippen LogP contribution in [0.1, 0.15) is 15.9 Å². The van der Waals surface area contributed by atoms with Crippen molar-refractivity contribution in [3.63, 3.8) is 0 Å². The van der Waals surface area contributed by atoms with E-state index >= 15 is 0 Å². The van der Waals surface area contributed by atoms with Gasteiger partial charge in [0, 0.05) is 18.5 Å². The van der Waals surface area contributed by atoms with E-state index in [0.29, 0.717) is 12.1 Å². The summed E-state index contributed by atoms with van der Waals surface area (Å²) in [7, 11) is 0. The molecule has 1 amide bonds. The number of anilines is 1. The number of H-pyrrole nitrogens is 2. The van der Waals surface area contributed by atoms with Gasteiger partial charge in [-0.2, -0.15) is 0 Å². The van der Waals surface area contributed by atoms with E-state index in [1.165, 1.54) is 0 Å². The van der Waals surface area contributed by atoms with Gasteiger partial charge in [-0.15, -0.1) is 0 Å². The fourth-order valence-electron chi connectivity index (χ4n) is 1.66. The van der Waals surface area contributed by atoms with Gasteiger partial charge in [-0.05, 0) is 24.1 Å². The van der Waals surface area contributed by atoms with Gasteiger partial charge in [0.1, 0.15) is 5.56 Å². The Morgan fingerprint density at radius 2 is 1.90 bits per heavy atom. The fourth-order valence-corrected chi connectivity index (χ4v) is 1.66. The number of amides is 1. The highest BCUT2D eigenvalue weighted by Crippen LogP contribution is 2.10. The summed E-state index contributed by atoms with van der Waals surface area (Å²) in [4.78, 5) is 38.4. The third-order valence-electron chi connectivity index (χ3n) is 2.68. The van der Waals surface area contributed by atoms with E-state index in [4.69, 9.17) is 5.11 Å². The highest BCUT2D eigenvalue weighted by atomic mass is 16.3. The molecule has 7 heteroatoms. The van der Waals surface area contributed by atoms with Gasteiger partial charge in [0.15, 0.2) is 0 Å². The SMILES string of the molecule is O=C(Nc1ccc(CCO)cc1)c1c[nH]c(=O)[nH]c1=O. The maximum Gasteiger partial charge on any atom is 0.325 e. The standard InChI is InChI=1S/C13H13N3O4/c17-6-5-8-1-3-9(4-2-8)15-11(18)10-7-14-13(20)16-12(10)19/h1-4,7,17H,5-6H2,(H,15,18)(H2,14,16,19,20). The fraction of sp³-hybridized carbons (Fsp3) is 0.154. The molecule has 0 bridgehead atoms. The Balaban J connectivity index is 2.15. The lowest BCUT2D eigenvalue weighted by Crippen LogP contribution is -2.29. The van der Waals surface area contributed by atoms with Crippen LogP contribution >= 0.6 is 0 Å². The van der Waals surface area contributed by atoms with Gasteiger partial charge in [0.05, 0.1) is 0 Å². The smallest absolute Gasteiger partial charge is 0.325 e. The Hall–Kier alpha value is -2.67. The quantitative estimate of drug-likeness (QED) is 0.621. The minimum atomic E-state index is -0.747. The van der Waals surface area contributed by atoms with Crippen molar-refractivity contribution >= 4 is 11.6 Å². The summed E-state index contributed by atoms with van der Waals surface area (Å²) in [6.07, 6.45) is 1.60. The highest BCUT2D eigenvalue weighted by Gasteiger charge is 2.10. The predicted molar refractivity (Wildman–Crippen MR) is 72.9 cm³/mol. The van der Waals surface area contributed by atoms with E-state index in [2.05, 4.69) is 10.3 Å². The highest BCUT2D eigenvalue weighted by molar-refractivity contribution is 6.03. The van der Waals surface area contributed by atoms with Crippen molar-refractivity contribution in [3.05, 3.63) is 62.4 Å². The van der Waals surface area contributed by atoms with Gasteiger partial charge in [0.2, 0.25) is 0 Å². The number of aliphatic hydroxyl groups excluding tert-OH is 1. The molecule has 0 aliphatic heterocycles. The zero-order chi connectivity index (χ0) is 14.5. The number of nitrogens with one attached hydrogen (secondary N) is 3. The molecule has 0 atom stereocenters. The van der Waals surface area contributed by atoms with Crippen LogP contribution in [0.4, 0.5) is 5.69 Å². The number of aliphatic hydroxyl groups is 1. The van der Waals surface area contributed by atoms with Crippen LogP contribution in [-0.4, -0.2) is 27.6 Å². The number of benzene rings is 1. The number of carbonyl (C=O) groups excluding carboxylic acids is 1. The third kappa shape index (κ3) is 3.21. The maximum absolute atomic E-state index is 11.9. The molecule has 4 N–H and O–H groups in total. The molecule has 1 aromatic carbocycles. The number of carbonyl (C=O) groups is 1. The normalized spacial score (nSPS) is 10.2. The van der Waals surface area contributed by atoms with Crippen molar-refractivity contribution in [1.82, 2.24) is 9.97 Å². The van der Waals surface area contributed by atoms with Crippen LogP contribution in [0.5, 0.6) is 0 Å². The first kappa shape index (κ1) is 13.8. The van der Waals surface area contributed by atoms with Crippen LogP contribution in [0.15, 0.2) is 40.1 Å². The van der Waals surface area contributed by atoms with Gasteiger partial charge in [-0.25, -0.2) is 4.79 Å². The topological polar surface area (TPSA) is 115 Å². The van der Waals surface area contributed by atoms with Gasteiger partial charge in [-0.1, -0.05) is 12.1 Å². The summed E-state index contributed by atoms with van der Waals surface area (Å²) >= 11 is 0. The van der Waals surface area contributed by atoms with E-state index < -0.39 is 17.2 Å². The first-order chi connectivity index (χ1) is 9.60. The minimum Gasteiger partial charge on any atom is -0.396 e. The zero-order valence-corrected chi connectivity index (χ0v) is 10.5. The van der Waals surface area contributed by atoms with E-state index in [0.717, 1.165) is 11.8 Å². The summed E-state index contributed by atoms with van der Waals surface area (Å²) in [5, 5.41) is 11.3. The average Bonchev–Trinajstić information content (AvgIpc) is 2.41. The monoisotopic (exact) mass is 275 g/mol. The van der Waals surface area contributed by atoms with Crippen molar-refractivity contribution in [1.29, 1.82) is 0 Å². The van der Waals surface area contributed by atoms with Gasteiger partial charge in [-0.3, -0.25) is 14.6 Å². The first-order valence-corrected chi connectivity index (χ1v) is 5.93. The molecule has 0 unspecified atom stereocenters. The van der Waals surface area contributed by atoms with Crippen molar-refractivity contribution in [3.8, 4) is 0 Å². The molecule has 7 nitrogen and oxygen atoms in total. The van der Waals surface area contributed by atoms with E-state index in [1.54, 1.807) is 24.3 Å². The number of aromatic amines is 2. The third-order valence-corrected chi connectivity index (χ3v) is 2.68. The van der Waals surface area contributed by atoms with Gasteiger partial charge >= 0.3 is 5.69 Å². The largest absolute Gasteiger partial charge is 0.396 e. The van der Waals surface area contributed by atoms with Crippen molar-refractivity contribution in [2.45, 2.75) is 6.42 Å². The predicted octanol–water partition coefficient (Wildman–Crippen LogP) is -0.150. The average molecular weight is 275 g/mol. The lowest BCUT2D eigenvalue weighted by Gasteiger charge is -2.05. The Morgan fingerprint density at radius 1 is 1.20 bits per heavy atom. The second-order valence-electron chi connectivity index (χ2n) is 4.11. The molecule has 0 aliphatic rings. The first-order valence-electron chi connectivity index (χ1n) is 5.93. The maximum atomic E-state index is 11.9. The lowest BCUT2D eigenvalue weighted by molar-refractivity contribution is 0.102. The Labute approximate surface area is 113 Å². The van der Waals surface area contributed by atoms with Crippen LogP contribution in [0.2, 0.25) is 0 Å². The lowest BCUT2D eigenvalue weighted by atomic mass is 10.1. The Kier molecular flexibility index (Phi) is 4.11. The number of hydrogen-bond acceptors (Lipinski definition) is 4. The molecular weight excluding hydrogens is 262 g/mol. The van der Waals surface area contributed by atoms with E-state index in [9.17, 15) is 14.4 Å². The van der Waals surface area contributed by atoms with Crippen LogP contribution in [0, 0.1) is 0 Å². The van der Waals surface area contributed by atoms with Crippen LogP contribution in [-0.2, 0) is 6.42 Å². The second kappa shape index (κ2) is 5.98. The van der Waals surface area contributed by atoms with Crippen molar-refractivity contribution < 1.29 is 9.90 Å². The second-order valence-corrected chi connectivity index (χ2v) is 4.11. The van der Waals surface area contributed by atoms with Crippen molar-refractivity contribution in [2.75, 3.05) is 11.9 Å². The van der Waals surface area contributed by atoms with E-state index in [1.807, 2.05) is 4.98 Å².